The fourth-order valence-electron chi connectivity index (χ4n) is 6.16. The Labute approximate surface area is 191 Å². The van der Waals surface area contributed by atoms with Gasteiger partial charge in [0.2, 0.25) is 0 Å². The van der Waals surface area contributed by atoms with E-state index in [1.807, 2.05) is 0 Å². The second-order valence-corrected chi connectivity index (χ2v) is 9.54. The minimum Gasteiger partial charge on any atom is -0.493 e. The number of aliphatic hydroxyl groups excluding tert-OH is 1. The van der Waals surface area contributed by atoms with Crippen LogP contribution in [0, 0.1) is 0 Å². The SMILES string of the molecule is COc1cc2c(cc1OC)CN(C1CCC3(CC1)O[C@@H](CCO)Cc1ccccc13)CC2. The van der Waals surface area contributed by atoms with E-state index in [2.05, 4.69) is 41.3 Å². The minimum absolute atomic E-state index is 0.121. The second kappa shape index (κ2) is 9.05. The summed E-state index contributed by atoms with van der Waals surface area (Å²) in [5.74, 6) is 1.64. The monoisotopic (exact) mass is 437 g/mol. The number of fused-ring (bicyclic) bond motifs is 3. The van der Waals surface area contributed by atoms with Crippen molar-refractivity contribution in [3.8, 4) is 11.5 Å². The number of hydrogen-bond acceptors (Lipinski definition) is 5. The van der Waals surface area contributed by atoms with Crippen LogP contribution in [0.15, 0.2) is 36.4 Å². The third-order valence-corrected chi connectivity index (χ3v) is 7.83. The standard InChI is InChI=1S/C27H35NO4/c1-30-25-16-19-9-13-28(18-21(19)17-26(25)31-2)22-7-11-27(12-8-22)24-6-4-3-5-20(24)15-23(32-27)10-14-29/h3-6,16-17,22-23,29H,7-15,18H2,1-2H3/t22?,23-,27?/m0/s1. The zero-order valence-corrected chi connectivity index (χ0v) is 19.3. The number of benzene rings is 2. The molecule has 2 aliphatic heterocycles. The number of aliphatic hydroxyl groups is 1. The van der Waals surface area contributed by atoms with Crippen molar-refractivity contribution in [2.75, 3.05) is 27.4 Å². The molecule has 2 aromatic carbocycles. The Morgan fingerprint density at radius 1 is 1.03 bits per heavy atom. The molecule has 5 heteroatoms. The van der Waals surface area contributed by atoms with Gasteiger partial charge in [-0.1, -0.05) is 24.3 Å². The molecule has 32 heavy (non-hydrogen) atoms. The highest BCUT2D eigenvalue weighted by Crippen LogP contribution is 2.47. The van der Waals surface area contributed by atoms with Crippen LogP contribution in [0.2, 0.25) is 0 Å². The topological polar surface area (TPSA) is 51.2 Å². The van der Waals surface area contributed by atoms with Gasteiger partial charge in [0.25, 0.3) is 0 Å². The molecule has 1 saturated carbocycles. The number of rotatable bonds is 5. The van der Waals surface area contributed by atoms with Crippen molar-refractivity contribution < 1.29 is 19.3 Å². The number of nitrogens with zero attached hydrogens (tertiary/aromatic N) is 1. The maximum atomic E-state index is 9.51. The van der Waals surface area contributed by atoms with Crippen molar-refractivity contribution in [2.24, 2.45) is 0 Å². The Morgan fingerprint density at radius 3 is 2.47 bits per heavy atom. The van der Waals surface area contributed by atoms with Crippen molar-refractivity contribution in [2.45, 2.75) is 69.2 Å². The van der Waals surface area contributed by atoms with Gasteiger partial charge in [-0.15, -0.1) is 0 Å². The average molecular weight is 438 g/mol. The van der Waals surface area contributed by atoms with E-state index in [1.165, 1.54) is 22.3 Å². The molecular formula is C27H35NO4. The van der Waals surface area contributed by atoms with E-state index in [0.29, 0.717) is 12.5 Å². The maximum absolute atomic E-state index is 9.51. The first-order valence-electron chi connectivity index (χ1n) is 12.0. The molecule has 1 atom stereocenters. The van der Waals surface area contributed by atoms with Crippen LogP contribution >= 0.6 is 0 Å². The van der Waals surface area contributed by atoms with Gasteiger partial charge in [-0.25, -0.2) is 0 Å². The lowest BCUT2D eigenvalue weighted by atomic mass is 9.73. The van der Waals surface area contributed by atoms with Crippen molar-refractivity contribution in [1.29, 1.82) is 0 Å². The smallest absolute Gasteiger partial charge is 0.161 e. The van der Waals surface area contributed by atoms with Gasteiger partial charge in [0, 0.05) is 25.7 Å². The van der Waals surface area contributed by atoms with E-state index in [0.717, 1.165) is 63.1 Å². The summed E-state index contributed by atoms with van der Waals surface area (Å²) in [4.78, 5) is 2.65. The summed E-state index contributed by atoms with van der Waals surface area (Å²) in [6.07, 6.45) is 7.18. The molecule has 2 aromatic rings. The lowest BCUT2D eigenvalue weighted by molar-refractivity contribution is -0.143. The van der Waals surface area contributed by atoms with Crippen LogP contribution in [0.5, 0.6) is 11.5 Å². The van der Waals surface area contributed by atoms with E-state index < -0.39 is 0 Å². The predicted molar refractivity (Wildman–Crippen MR) is 124 cm³/mol. The Morgan fingerprint density at radius 2 is 1.75 bits per heavy atom. The molecule has 0 bridgehead atoms. The largest absolute Gasteiger partial charge is 0.493 e. The first-order chi connectivity index (χ1) is 15.7. The van der Waals surface area contributed by atoms with E-state index in [1.54, 1.807) is 14.2 Å². The highest BCUT2D eigenvalue weighted by Gasteiger charge is 2.44. The Kier molecular flexibility index (Phi) is 6.15. The van der Waals surface area contributed by atoms with Gasteiger partial charge < -0.3 is 19.3 Å². The summed E-state index contributed by atoms with van der Waals surface area (Å²) in [5.41, 5.74) is 5.34. The summed E-state index contributed by atoms with van der Waals surface area (Å²) in [6.45, 7) is 2.25. The number of methoxy groups -OCH3 is 2. The molecule has 1 fully saturated rings. The van der Waals surface area contributed by atoms with Crippen LogP contribution in [0.1, 0.15) is 54.4 Å². The fraction of sp³-hybridized carbons (Fsp3) is 0.556. The van der Waals surface area contributed by atoms with E-state index >= 15 is 0 Å². The van der Waals surface area contributed by atoms with Gasteiger partial charge >= 0.3 is 0 Å². The van der Waals surface area contributed by atoms with Gasteiger partial charge in [0.1, 0.15) is 0 Å². The van der Waals surface area contributed by atoms with Crippen LogP contribution in [-0.4, -0.2) is 49.5 Å². The Bertz CT molecular complexity index is 951. The molecule has 0 radical (unpaired) electrons. The molecule has 2 heterocycles. The molecule has 5 nitrogen and oxygen atoms in total. The number of hydrogen-bond donors (Lipinski definition) is 1. The first kappa shape index (κ1) is 21.7. The molecule has 0 unspecified atom stereocenters. The Hall–Kier alpha value is -2.08. The summed E-state index contributed by atoms with van der Waals surface area (Å²) >= 11 is 0. The summed E-state index contributed by atoms with van der Waals surface area (Å²) in [6, 6.07) is 13.7. The highest BCUT2D eigenvalue weighted by molar-refractivity contribution is 5.48. The molecule has 0 aromatic heterocycles. The zero-order valence-electron chi connectivity index (χ0n) is 19.3. The molecule has 172 valence electrons. The van der Waals surface area contributed by atoms with E-state index in [4.69, 9.17) is 14.2 Å². The minimum atomic E-state index is -0.185. The quantitative estimate of drug-likeness (QED) is 0.759. The molecule has 5 rings (SSSR count). The summed E-state index contributed by atoms with van der Waals surface area (Å²) in [7, 11) is 3.41. The van der Waals surface area contributed by atoms with Gasteiger partial charge in [-0.05, 0) is 79.3 Å². The molecule has 1 aliphatic carbocycles. The first-order valence-corrected chi connectivity index (χ1v) is 12.0. The van der Waals surface area contributed by atoms with Crippen LogP contribution in [-0.2, 0) is 29.7 Å². The van der Waals surface area contributed by atoms with Gasteiger partial charge in [0.15, 0.2) is 11.5 Å². The lowest BCUT2D eigenvalue weighted by Gasteiger charge is -2.49. The molecule has 1 spiro atoms. The second-order valence-electron chi connectivity index (χ2n) is 9.54. The summed E-state index contributed by atoms with van der Waals surface area (Å²) in [5, 5.41) is 9.51. The maximum Gasteiger partial charge on any atom is 0.161 e. The fourth-order valence-corrected chi connectivity index (χ4v) is 6.16. The van der Waals surface area contributed by atoms with Gasteiger partial charge in [-0.2, -0.15) is 0 Å². The van der Waals surface area contributed by atoms with Crippen LogP contribution in [0.4, 0.5) is 0 Å². The van der Waals surface area contributed by atoms with Crippen molar-refractivity contribution in [3.63, 3.8) is 0 Å². The van der Waals surface area contributed by atoms with Gasteiger partial charge in [-0.3, -0.25) is 4.90 Å². The van der Waals surface area contributed by atoms with Crippen LogP contribution in [0.25, 0.3) is 0 Å². The summed E-state index contributed by atoms with van der Waals surface area (Å²) < 4.78 is 17.8. The molecule has 0 amide bonds. The zero-order chi connectivity index (χ0) is 22.1. The molecule has 1 N–H and O–H groups in total. The van der Waals surface area contributed by atoms with Crippen molar-refractivity contribution in [3.05, 3.63) is 58.7 Å². The van der Waals surface area contributed by atoms with Crippen molar-refractivity contribution >= 4 is 0 Å². The molecule has 0 saturated heterocycles. The van der Waals surface area contributed by atoms with Crippen molar-refractivity contribution in [1.82, 2.24) is 4.90 Å². The third kappa shape index (κ3) is 3.91. The number of ether oxygens (including phenoxy) is 3. The molecular weight excluding hydrogens is 402 g/mol. The Balaban J connectivity index is 1.31. The lowest BCUT2D eigenvalue weighted by Crippen LogP contribution is -2.48. The average Bonchev–Trinajstić information content (AvgIpc) is 2.83. The predicted octanol–water partition coefficient (Wildman–Crippen LogP) is 4.22. The van der Waals surface area contributed by atoms with Gasteiger partial charge in [0.05, 0.1) is 25.9 Å². The highest BCUT2D eigenvalue weighted by atomic mass is 16.5. The normalized spacial score (nSPS) is 27.6. The van der Waals surface area contributed by atoms with E-state index in [-0.39, 0.29) is 18.3 Å². The molecule has 3 aliphatic rings. The van der Waals surface area contributed by atoms with E-state index in [9.17, 15) is 5.11 Å². The van der Waals surface area contributed by atoms with Crippen LogP contribution < -0.4 is 9.47 Å². The third-order valence-electron chi connectivity index (χ3n) is 7.83. The van der Waals surface area contributed by atoms with Crippen LogP contribution in [0.3, 0.4) is 0 Å².